The van der Waals surface area contributed by atoms with Gasteiger partial charge in [0.15, 0.2) is 0 Å². The van der Waals surface area contributed by atoms with Crippen molar-refractivity contribution in [3.05, 3.63) is 65.2 Å². The summed E-state index contributed by atoms with van der Waals surface area (Å²) < 4.78 is 9.91. The van der Waals surface area contributed by atoms with E-state index in [9.17, 15) is 9.59 Å². The Morgan fingerprint density at radius 2 is 1.60 bits per heavy atom. The first-order chi connectivity index (χ1) is 12.0. The molecule has 0 aliphatic carbocycles. The first-order valence-corrected chi connectivity index (χ1v) is 8.06. The molecule has 0 saturated carbocycles. The van der Waals surface area contributed by atoms with Gasteiger partial charge in [0.2, 0.25) is 0 Å². The molecular formula is C19H20ClNO4. The van der Waals surface area contributed by atoms with Crippen molar-refractivity contribution in [1.82, 2.24) is 0 Å². The molecule has 0 radical (unpaired) electrons. The number of ether oxygens (including phenoxy) is 2. The average Bonchev–Trinajstić information content (AvgIpc) is 2.65. The molecule has 0 aliphatic rings. The van der Waals surface area contributed by atoms with Gasteiger partial charge < -0.3 is 14.4 Å². The van der Waals surface area contributed by atoms with Crippen molar-refractivity contribution in [3.63, 3.8) is 0 Å². The molecule has 0 fully saturated rings. The molecule has 0 N–H and O–H groups in total. The maximum absolute atomic E-state index is 12.5. The predicted molar refractivity (Wildman–Crippen MR) is 96.9 cm³/mol. The van der Waals surface area contributed by atoms with Gasteiger partial charge in [0.05, 0.1) is 14.2 Å². The van der Waals surface area contributed by atoms with Crippen LogP contribution in [0.3, 0.4) is 0 Å². The first kappa shape index (κ1) is 18.8. The number of likely N-dealkylation sites (N-methyl/N-ethyl adjacent to an activating group) is 1. The zero-order valence-electron chi connectivity index (χ0n) is 14.3. The number of carbonyl (C=O) groups is 2. The lowest BCUT2D eigenvalue weighted by atomic mass is 9.90. The predicted octanol–water partition coefficient (Wildman–Crippen LogP) is 3.27. The topological polar surface area (TPSA) is 55.8 Å². The van der Waals surface area contributed by atoms with Crippen molar-refractivity contribution in [1.29, 1.82) is 0 Å². The lowest BCUT2D eigenvalue weighted by molar-refractivity contribution is -0.150. The number of anilines is 1. The summed E-state index contributed by atoms with van der Waals surface area (Å²) in [7, 11) is 4.30. The Balaban J connectivity index is 2.52. The quantitative estimate of drug-likeness (QED) is 0.739. The van der Waals surface area contributed by atoms with Crippen LogP contribution in [-0.4, -0.2) is 39.2 Å². The first-order valence-electron chi connectivity index (χ1n) is 7.68. The van der Waals surface area contributed by atoms with Gasteiger partial charge in [-0.15, -0.1) is 0 Å². The Labute approximate surface area is 152 Å². The maximum Gasteiger partial charge on any atom is 0.329 e. The highest BCUT2D eigenvalue weighted by molar-refractivity contribution is 6.30. The van der Waals surface area contributed by atoms with Crippen LogP contribution in [-0.2, 0) is 19.1 Å². The molecule has 2 atom stereocenters. The van der Waals surface area contributed by atoms with Gasteiger partial charge in [-0.3, -0.25) is 4.79 Å². The van der Waals surface area contributed by atoms with Crippen LogP contribution in [0.5, 0.6) is 0 Å². The molecule has 0 aromatic heterocycles. The molecule has 0 spiro atoms. The van der Waals surface area contributed by atoms with E-state index in [1.54, 1.807) is 60.5 Å². The van der Waals surface area contributed by atoms with Crippen LogP contribution in [0.25, 0.3) is 0 Å². The smallest absolute Gasteiger partial charge is 0.329 e. The van der Waals surface area contributed by atoms with Crippen LogP contribution in [0.4, 0.5) is 5.69 Å². The Hall–Kier alpha value is -2.53. The van der Waals surface area contributed by atoms with Gasteiger partial charge >= 0.3 is 11.9 Å². The Morgan fingerprint density at radius 1 is 0.960 bits per heavy atom. The van der Waals surface area contributed by atoms with E-state index < -0.39 is 23.9 Å². The van der Waals surface area contributed by atoms with E-state index in [0.29, 0.717) is 16.3 Å². The molecule has 0 heterocycles. The lowest BCUT2D eigenvalue weighted by Gasteiger charge is -2.33. The summed E-state index contributed by atoms with van der Waals surface area (Å²) in [6.07, 6.45) is 0. The van der Waals surface area contributed by atoms with Gasteiger partial charge in [0, 0.05) is 17.8 Å². The minimum atomic E-state index is -0.904. The van der Waals surface area contributed by atoms with E-state index >= 15 is 0 Å². The van der Waals surface area contributed by atoms with Crippen molar-refractivity contribution < 1.29 is 19.1 Å². The molecule has 2 unspecified atom stereocenters. The molecule has 25 heavy (non-hydrogen) atoms. The fraction of sp³-hybridized carbons (Fsp3) is 0.263. The number of nitrogens with zero attached hydrogens (tertiary/aromatic N) is 1. The highest BCUT2D eigenvalue weighted by atomic mass is 35.5. The van der Waals surface area contributed by atoms with Gasteiger partial charge in [-0.05, 0) is 23.8 Å². The molecule has 0 amide bonds. The Kier molecular flexibility index (Phi) is 6.42. The fourth-order valence-electron chi connectivity index (χ4n) is 2.73. The van der Waals surface area contributed by atoms with Crippen molar-refractivity contribution in [2.75, 3.05) is 26.2 Å². The number of halogens is 1. The van der Waals surface area contributed by atoms with E-state index in [-0.39, 0.29) is 0 Å². The zero-order chi connectivity index (χ0) is 18.4. The molecule has 2 rings (SSSR count). The van der Waals surface area contributed by atoms with Crippen LogP contribution >= 0.6 is 11.6 Å². The summed E-state index contributed by atoms with van der Waals surface area (Å²) >= 11 is 6.06. The third kappa shape index (κ3) is 4.31. The van der Waals surface area contributed by atoms with Crippen molar-refractivity contribution in [2.24, 2.45) is 0 Å². The number of benzene rings is 2. The van der Waals surface area contributed by atoms with Crippen LogP contribution in [0.1, 0.15) is 11.5 Å². The number of carbonyl (C=O) groups excluding carboxylic acids is 2. The van der Waals surface area contributed by atoms with E-state index in [2.05, 4.69) is 0 Å². The maximum atomic E-state index is 12.5. The monoisotopic (exact) mass is 361 g/mol. The molecule has 0 bridgehead atoms. The minimum Gasteiger partial charge on any atom is -0.468 e. The summed E-state index contributed by atoms with van der Waals surface area (Å²) in [4.78, 5) is 26.7. The number of methoxy groups -OCH3 is 2. The Bertz CT molecular complexity index is 735. The van der Waals surface area contributed by atoms with Gasteiger partial charge in [-0.25, -0.2) is 4.79 Å². The fourth-order valence-corrected chi connectivity index (χ4v) is 2.91. The average molecular weight is 362 g/mol. The van der Waals surface area contributed by atoms with Gasteiger partial charge in [0.1, 0.15) is 12.0 Å². The molecule has 132 valence electrons. The van der Waals surface area contributed by atoms with Crippen molar-refractivity contribution in [2.45, 2.75) is 12.0 Å². The number of hydrogen-bond donors (Lipinski definition) is 0. The van der Waals surface area contributed by atoms with Crippen LogP contribution < -0.4 is 4.90 Å². The Morgan fingerprint density at radius 3 is 2.16 bits per heavy atom. The largest absolute Gasteiger partial charge is 0.468 e. The van der Waals surface area contributed by atoms with E-state index in [0.717, 1.165) is 0 Å². The number of esters is 2. The summed E-state index contributed by atoms with van der Waals surface area (Å²) in [5.74, 6) is -1.90. The summed E-state index contributed by atoms with van der Waals surface area (Å²) in [5, 5.41) is 0.530. The minimum absolute atomic E-state index is 0.518. The summed E-state index contributed by atoms with van der Waals surface area (Å²) in [5.41, 5.74) is 1.35. The molecule has 0 aliphatic heterocycles. The standard InChI is InChI=1S/C19H20ClNO4/c1-21(15-11-7-10-14(20)12-15)17(19(23)25-3)16(18(22)24-2)13-8-5-4-6-9-13/h4-12,16-17H,1-3H3. The molecule has 0 saturated heterocycles. The van der Waals surface area contributed by atoms with Gasteiger partial charge in [-0.1, -0.05) is 48.0 Å². The molecule has 2 aromatic rings. The number of rotatable bonds is 6. The van der Waals surface area contributed by atoms with Gasteiger partial charge in [-0.2, -0.15) is 0 Å². The summed E-state index contributed by atoms with van der Waals surface area (Å²) in [6.45, 7) is 0. The zero-order valence-corrected chi connectivity index (χ0v) is 15.1. The van der Waals surface area contributed by atoms with Crippen LogP contribution in [0.2, 0.25) is 5.02 Å². The molecular weight excluding hydrogens is 342 g/mol. The summed E-state index contributed by atoms with van der Waals surface area (Å²) in [6, 6.07) is 15.1. The van der Waals surface area contributed by atoms with E-state index in [1.165, 1.54) is 14.2 Å². The van der Waals surface area contributed by atoms with Crippen LogP contribution in [0, 0.1) is 0 Å². The normalized spacial score (nSPS) is 12.8. The lowest BCUT2D eigenvalue weighted by Crippen LogP contribution is -2.47. The second-order valence-corrected chi connectivity index (χ2v) is 5.91. The third-order valence-electron chi connectivity index (χ3n) is 4.00. The van der Waals surface area contributed by atoms with Crippen LogP contribution in [0.15, 0.2) is 54.6 Å². The van der Waals surface area contributed by atoms with E-state index in [1.807, 2.05) is 6.07 Å². The van der Waals surface area contributed by atoms with Crippen molar-refractivity contribution in [3.8, 4) is 0 Å². The highest BCUT2D eigenvalue weighted by Crippen LogP contribution is 2.30. The highest BCUT2D eigenvalue weighted by Gasteiger charge is 2.39. The van der Waals surface area contributed by atoms with Gasteiger partial charge in [0.25, 0.3) is 0 Å². The van der Waals surface area contributed by atoms with E-state index in [4.69, 9.17) is 21.1 Å². The number of hydrogen-bond acceptors (Lipinski definition) is 5. The second-order valence-electron chi connectivity index (χ2n) is 5.47. The molecule has 5 nitrogen and oxygen atoms in total. The molecule has 6 heteroatoms. The molecule has 2 aromatic carbocycles. The third-order valence-corrected chi connectivity index (χ3v) is 4.24. The second kappa shape index (κ2) is 8.53. The van der Waals surface area contributed by atoms with Crippen molar-refractivity contribution >= 4 is 29.2 Å². The SMILES string of the molecule is COC(=O)C(c1ccccc1)C(C(=O)OC)N(C)c1cccc(Cl)c1.